The van der Waals surface area contributed by atoms with Gasteiger partial charge in [0.05, 0.1) is 12.4 Å². The van der Waals surface area contributed by atoms with E-state index >= 15 is 0 Å². The Hall–Kier alpha value is -2.70. The maximum Gasteiger partial charge on any atom is 0.249 e. The van der Waals surface area contributed by atoms with E-state index in [1.54, 1.807) is 48.5 Å². The Morgan fingerprint density at radius 2 is 1.20 bits per heavy atom. The Bertz CT molecular complexity index is 754. The molecule has 8 heteroatoms. The minimum absolute atomic E-state index is 0.417. The molecule has 0 fully saturated rings. The van der Waals surface area contributed by atoms with Crippen LogP contribution in [0.4, 0.5) is 0 Å². The van der Waals surface area contributed by atoms with E-state index in [0.717, 1.165) is 0 Å². The molecule has 2 aromatic rings. The molecule has 0 aliphatic carbocycles. The predicted octanol–water partition coefficient (Wildman–Crippen LogP) is 2.98. The summed E-state index contributed by atoms with van der Waals surface area (Å²) in [5, 5.41) is 8.51. The number of halogens is 2. The lowest BCUT2D eigenvalue weighted by molar-refractivity contribution is -0.129. The number of rotatable bonds is 6. The van der Waals surface area contributed by atoms with Crippen molar-refractivity contribution in [3.8, 4) is 0 Å². The van der Waals surface area contributed by atoms with Crippen LogP contribution >= 0.6 is 23.2 Å². The van der Waals surface area contributed by atoms with Crippen LogP contribution in [0.2, 0.25) is 10.0 Å². The van der Waals surface area contributed by atoms with E-state index in [1.807, 2.05) is 0 Å². The molecule has 2 rings (SSSR count). The maximum atomic E-state index is 11.6. The average molecular weight is 377 g/mol. The summed E-state index contributed by atoms with van der Waals surface area (Å²) < 4.78 is 0. The molecular formula is C17H14Cl2N4O2. The largest absolute Gasteiger partial charge is 0.273 e. The van der Waals surface area contributed by atoms with Gasteiger partial charge in [0.2, 0.25) is 11.8 Å². The van der Waals surface area contributed by atoms with Crippen LogP contribution in [-0.2, 0) is 9.59 Å². The minimum atomic E-state index is -0.575. The van der Waals surface area contributed by atoms with Crippen molar-refractivity contribution in [2.45, 2.75) is 6.42 Å². The molecule has 0 bridgehead atoms. The monoisotopic (exact) mass is 376 g/mol. The van der Waals surface area contributed by atoms with Crippen molar-refractivity contribution >= 4 is 47.4 Å². The van der Waals surface area contributed by atoms with Crippen LogP contribution in [0.25, 0.3) is 0 Å². The van der Waals surface area contributed by atoms with Gasteiger partial charge in [-0.2, -0.15) is 10.2 Å². The van der Waals surface area contributed by atoms with E-state index in [4.69, 9.17) is 23.2 Å². The first-order chi connectivity index (χ1) is 12.1. The molecule has 0 aliphatic heterocycles. The zero-order valence-electron chi connectivity index (χ0n) is 12.9. The molecule has 0 saturated carbocycles. The van der Waals surface area contributed by atoms with Crippen molar-refractivity contribution in [2.75, 3.05) is 0 Å². The first-order valence-electron chi connectivity index (χ1n) is 7.19. The van der Waals surface area contributed by atoms with Gasteiger partial charge in [0.1, 0.15) is 6.42 Å². The van der Waals surface area contributed by atoms with E-state index in [0.29, 0.717) is 21.2 Å². The Labute approximate surface area is 154 Å². The molecule has 0 radical (unpaired) electrons. The molecule has 0 heterocycles. The van der Waals surface area contributed by atoms with Crippen LogP contribution in [0.3, 0.4) is 0 Å². The number of hydrogen-bond donors (Lipinski definition) is 2. The highest BCUT2D eigenvalue weighted by atomic mass is 35.5. The standard InChI is InChI=1S/C17H14Cl2N4O2/c18-14-7-3-1-5-12(14)10-20-22-16(24)9-17(25)23-21-11-13-6-2-4-8-15(13)19/h1-8,10-11H,9H2,(H,22,24)(H,23,25). The number of nitrogens with one attached hydrogen (secondary N) is 2. The summed E-state index contributed by atoms with van der Waals surface area (Å²) in [6.07, 6.45) is 2.38. The summed E-state index contributed by atoms with van der Waals surface area (Å²) in [6, 6.07) is 14.0. The normalized spacial score (nSPS) is 11.0. The third kappa shape index (κ3) is 6.37. The zero-order valence-corrected chi connectivity index (χ0v) is 14.5. The summed E-state index contributed by atoms with van der Waals surface area (Å²) in [5.74, 6) is -1.15. The van der Waals surface area contributed by atoms with Gasteiger partial charge < -0.3 is 0 Å². The van der Waals surface area contributed by atoms with Gasteiger partial charge in [-0.15, -0.1) is 0 Å². The van der Waals surface area contributed by atoms with Crippen molar-refractivity contribution in [1.82, 2.24) is 10.9 Å². The van der Waals surface area contributed by atoms with Crippen LogP contribution in [0.1, 0.15) is 17.5 Å². The number of carbonyl (C=O) groups is 2. The van der Waals surface area contributed by atoms with Gasteiger partial charge in [-0.25, -0.2) is 10.9 Å². The van der Waals surface area contributed by atoms with Gasteiger partial charge in [0, 0.05) is 21.2 Å². The molecule has 0 spiro atoms. The topological polar surface area (TPSA) is 82.9 Å². The number of nitrogens with zero attached hydrogens (tertiary/aromatic N) is 2. The van der Waals surface area contributed by atoms with Crippen LogP contribution < -0.4 is 10.9 Å². The second-order valence-corrected chi connectivity index (χ2v) is 5.62. The van der Waals surface area contributed by atoms with Crippen molar-refractivity contribution in [2.24, 2.45) is 10.2 Å². The second-order valence-electron chi connectivity index (χ2n) is 4.81. The van der Waals surface area contributed by atoms with E-state index in [9.17, 15) is 9.59 Å². The maximum absolute atomic E-state index is 11.6. The van der Waals surface area contributed by atoms with E-state index < -0.39 is 18.2 Å². The molecule has 2 aromatic carbocycles. The van der Waals surface area contributed by atoms with Gasteiger partial charge in [-0.3, -0.25) is 9.59 Å². The molecule has 0 saturated heterocycles. The zero-order chi connectivity index (χ0) is 18.1. The van der Waals surface area contributed by atoms with E-state index in [-0.39, 0.29) is 0 Å². The molecule has 128 valence electrons. The van der Waals surface area contributed by atoms with Crippen molar-refractivity contribution in [3.63, 3.8) is 0 Å². The molecule has 6 nitrogen and oxygen atoms in total. The predicted molar refractivity (Wildman–Crippen MR) is 99.0 cm³/mol. The molecule has 0 aliphatic rings. The first kappa shape index (κ1) is 18.6. The number of benzene rings is 2. The third-order valence-corrected chi connectivity index (χ3v) is 3.61. The van der Waals surface area contributed by atoms with Crippen LogP contribution in [-0.4, -0.2) is 24.2 Å². The number of hydrogen-bond acceptors (Lipinski definition) is 4. The van der Waals surface area contributed by atoms with Crippen LogP contribution in [0.15, 0.2) is 58.7 Å². The van der Waals surface area contributed by atoms with Gasteiger partial charge in [0.25, 0.3) is 0 Å². The molecule has 0 atom stereocenters. The molecule has 2 amide bonds. The number of carbonyl (C=O) groups excluding carboxylic acids is 2. The summed E-state index contributed by atoms with van der Waals surface area (Å²) >= 11 is 11.9. The third-order valence-electron chi connectivity index (χ3n) is 2.92. The van der Waals surface area contributed by atoms with E-state index in [1.165, 1.54) is 12.4 Å². The van der Waals surface area contributed by atoms with Crippen molar-refractivity contribution in [3.05, 3.63) is 69.7 Å². The fourth-order valence-corrected chi connectivity index (χ4v) is 2.10. The van der Waals surface area contributed by atoms with E-state index in [2.05, 4.69) is 21.1 Å². The highest BCUT2D eigenvalue weighted by molar-refractivity contribution is 6.33. The van der Waals surface area contributed by atoms with Gasteiger partial charge in [0.15, 0.2) is 0 Å². The van der Waals surface area contributed by atoms with Crippen LogP contribution in [0, 0.1) is 0 Å². The quantitative estimate of drug-likeness (QED) is 0.461. The summed E-state index contributed by atoms with van der Waals surface area (Å²) in [4.78, 5) is 23.2. The summed E-state index contributed by atoms with van der Waals surface area (Å²) in [6.45, 7) is 0. The highest BCUT2D eigenvalue weighted by Gasteiger charge is 2.07. The number of amides is 2. The first-order valence-corrected chi connectivity index (χ1v) is 7.94. The molecule has 0 unspecified atom stereocenters. The Kier molecular flexibility index (Phi) is 7.13. The molecule has 2 N–H and O–H groups in total. The van der Waals surface area contributed by atoms with Gasteiger partial charge in [-0.1, -0.05) is 59.6 Å². The second kappa shape index (κ2) is 9.56. The lowest BCUT2D eigenvalue weighted by Crippen LogP contribution is -2.27. The molecular weight excluding hydrogens is 363 g/mol. The lowest BCUT2D eigenvalue weighted by atomic mass is 10.2. The average Bonchev–Trinajstić information content (AvgIpc) is 2.58. The lowest BCUT2D eigenvalue weighted by Gasteiger charge is -2.00. The SMILES string of the molecule is O=C(CC(=O)NN=Cc1ccccc1Cl)NN=Cc1ccccc1Cl. The summed E-state index contributed by atoms with van der Waals surface area (Å²) in [7, 11) is 0. The highest BCUT2D eigenvalue weighted by Crippen LogP contribution is 2.12. The Balaban J connectivity index is 1.77. The number of hydrazone groups is 2. The van der Waals surface area contributed by atoms with Gasteiger partial charge in [-0.05, 0) is 12.1 Å². The summed E-state index contributed by atoms with van der Waals surface area (Å²) in [5.41, 5.74) is 5.79. The Morgan fingerprint density at radius 1 is 0.800 bits per heavy atom. The van der Waals surface area contributed by atoms with Crippen LogP contribution in [0.5, 0.6) is 0 Å². The molecule has 25 heavy (non-hydrogen) atoms. The van der Waals surface area contributed by atoms with Crippen molar-refractivity contribution < 1.29 is 9.59 Å². The smallest absolute Gasteiger partial charge is 0.249 e. The fourth-order valence-electron chi connectivity index (χ4n) is 1.73. The molecule has 0 aromatic heterocycles. The van der Waals surface area contributed by atoms with Gasteiger partial charge >= 0.3 is 0 Å². The Morgan fingerprint density at radius 3 is 1.60 bits per heavy atom. The van der Waals surface area contributed by atoms with Crippen molar-refractivity contribution in [1.29, 1.82) is 0 Å². The minimum Gasteiger partial charge on any atom is -0.273 e. The fraction of sp³-hybridized carbons (Fsp3) is 0.0588.